The second-order valence-corrected chi connectivity index (χ2v) is 9.36. The smallest absolute Gasteiger partial charge is 0.406 e. The lowest BCUT2D eigenvalue weighted by molar-refractivity contribution is -0.274. The van der Waals surface area contributed by atoms with E-state index in [-0.39, 0.29) is 11.2 Å². The predicted molar refractivity (Wildman–Crippen MR) is 113 cm³/mol. The number of halogens is 3. The van der Waals surface area contributed by atoms with Gasteiger partial charge in [-0.05, 0) is 73.8 Å². The van der Waals surface area contributed by atoms with Crippen LogP contribution in [0.4, 0.5) is 13.2 Å². The first-order valence-corrected chi connectivity index (χ1v) is 11.0. The van der Waals surface area contributed by atoms with Crippen molar-refractivity contribution in [3.63, 3.8) is 0 Å². The van der Waals surface area contributed by atoms with E-state index < -0.39 is 12.3 Å². The Labute approximate surface area is 180 Å². The van der Waals surface area contributed by atoms with Crippen LogP contribution < -0.4 is 10.5 Å². The van der Waals surface area contributed by atoms with Crippen LogP contribution in [0.2, 0.25) is 0 Å². The van der Waals surface area contributed by atoms with E-state index in [9.17, 15) is 18.0 Å². The Hall–Kier alpha value is -2.44. The number of primary amides is 1. The van der Waals surface area contributed by atoms with Gasteiger partial charge in [-0.25, -0.2) is 0 Å². The van der Waals surface area contributed by atoms with E-state index in [1.54, 1.807) is 6.07 Å². The van der Waals surface area contributed by atoms with Gasteiger partial charge < -0.3 is 15.0 Å². The van der Waals surface area contributed by atoms with Gasteiger partial charge in [-0.1, -0.05) is 26.2 Å². The summed E-state index contributed by atoms with van der Waals surface area (Å²) in [7, 11) is 0. The average molecular weight is 435 g/mol. The van der Waals surface area contributed by atoms with Gasteiger partial charge in [0.1, 0.15) is 5.75 Å². The summed E-state index contributed by atoms with van der Waals surface area (Å²) in [5.74, 6) is -0.274. The van der Waals surface area contributed by atoms with Gasteiger partial charge in [-0.15, -0.1) is 13.2 Å². The van der Waals surface area contributed by atoms with Crippen molar-refractivity contribution in [1.29, 1.82) is 0 Å². The number of alkyl halides is 3. The van der Waals surface area contributed by atoms with Gasteiger partial charge in [0.05, 0.1) is 5.56 Å². The van der Waals surface area contributed by atoms with Crippen LogP contribution in [-0.4, -0.2) is 16.8 Å². The molecule has 2 saturated carbocycles. The summed E-state index contributed by atoms with van der Waals surface area (Å²) >= 11 is 0. The molecule has 0 unspecified atom stereocenters. The highest BCUT2D eigenvalue weighted by molar-refractivity contribution is 5.95. The molecule has 0 aliphatic heterocycles. The van der Waals surface area contributed by atoms with Crippen molar-refractivity contribution in [3.8, 4) is 17.0 Å². The molecular weight excluding hydrogens is 405 g/mol. The maximum atomic E-state index is 13.0. The zero-order valence-corrected chi connectivity index (χ0v) is 18.0. The fraction of sp³-hybridized carbons (Fsp3) is 0.542. The zero-order chi connectivity index (χ0) is 22.4. The summed E-state index contributed by atoms with van der Waals surface area (Å²) in [6.45, 7) is 4.63. The maximum absolute atomic E-state index is 13.0. The van der Waals surface area contributed by atoms with Gasteiger partial charge in [0.2, 0.25) is 0 Å². The van der Waals surface area contributed by atoms with Crippen molar-refractivity contribution in [3.05, 3.63) is 41.1 Å². The molecule has 1 aromatic carbocycles. The molecule has 0 spiro atoms. The molecular formula is C24H29F3N2O2. The molecule has 31 heavy (non-hydrogen) atoms. The number of nitrogens with two attached hydrogens (primary N) is 1. The van der Waals surface area contributed by atoms with Gasteiger partial charge in [0, 0.05) is 23.5 Å². The number of hydrogen-bond donors (Lipinski definition) is 1. The second-order valence-electron chi connectivity index (χ2n) is 9.36. The first-order chi connectivity index (χ1) is 14.6. The van der Waals surface area contributed by atoms with Gasteiger partial charge in [-0.3, -0.25) is 4.79 Å². The maximum Gasteiger partial charge on any atom is 0.573 e. The molecule has 1 aromatic heterocycles. The van der Waals surface area contributed by atoms with Crippen LogP contribution >= 0.6 is 0 Å². The number of ether oxygens (including phenoxy) is 1. The third-order valence-corrected chi connectivity index (χ3v) is 6.93. The standard InChI is InChI=1S/C24H29F3N2O2/c1-15-20(22(28)30)13-21(29(15)14-16-6-4-3-5-7-16)17-10-18(23(2)8-9-23)12-19(11-17)31-24(25,26)27/h10-13,16H,3-9,14H2,1-2H3,(H2,28,30). The zero-order valence-electron chi connectivity index (χ0n) is 18.0. The molecule has 1 heterocycles. The second kappa shape index (κ2) is 7.92. The SMILES string of the molecule is Cc1c(C(N)=O)cc(-c2cc(OC(F)(F)F)cc(C3(C)CC3)c2)n1CC1CCCCC1. The highest BCUT2D eigenvalue weighted by Gasteiger charge is 2.40. The van der Waals surface area contributed by atoms with E-state index in [1.165, 1.54) is 31.4 Å². The molecule has 0 bridgehead atoms. The van der Waals surface area contributed by atoms with Crippen LogP contribution in [0.25, 0.3) is 11.3 Å². The average Bonchev–Trinajstić information content (AvgIpc) is 3.36. The van der Waals surface area contributed by atoms with Crippen LogP contribution in [0, 0.1) is 12.8 Å². The van der Waals surface area contributed by atoms with Gasteiger partial charge in [-0.2, -0.15) is 0 Å². The molecule has 1 amide bonds. The van der Waals surface area contributed by atoms with Gasteiger partial charge in [0.15, 0.2) is 0 Å². The number of benzene rings is 1. The van der Waals surface area contributed by atoms with E-state index in [4.69, 9.17) is 5.73 Å². The number of nitrogens with zero attached hydrogens (tertiary/aromatic N) is 1. The molecule has 0 atom stereocenters. The summed E-state index contributed by atoms with van der Waals surface area (Å²) in [6, 6.07) is 6.55. The number of aromatic nitrogens is 1. The quantitative estimate of drug-likeness (QED) is 0.598. The Balaban J connectivity index is 1.81. The Bertz CT molecular complexity index is 983. The van der Waals surface area contributed by atoms with E-state index in [0.29, 0.717) is 17.0 Å². The summed E-state index contributed by atoms with van der Waals surface area (Å²) in [5.41, 5.74) is 8.80. The summed E-state index contributed by atoms with van der Waals surface area (Å²) < 4.78 is 45.3. The van der Waals surface area contributed by atoms with Crippen LogP contribution in [0.15, 0.2) is 24.3 Å². The highest BCUT2D eigenvalue weighted by Crippen LogP contribution is 2.49. The van der Waals surface area contributed by atoms with Crippen molar-refractivity contribution in [2.45, 2.75) is 77.1 Å². The van der Waals surface area contributed by atoms with Crippen LogP contribution in [-0.2, 0) is 12.0 Å². The minimum absolute atomic E-state index is 0.137. The summed E-state index contributed by atoms with van der Waals surface area (Å²) in [6.07, 6.45) is 2.92. The topological polar surface area (TPSA) is 57.3 Å². The molecule has 2 aromatic rings. The van der Waals surface area contributed by atoms with Crippen molar-refractivity contribution in [2.24, 2.45) is 11.7 Å². The van der Waals surface area contributed by atoms with Crippen LogP contribution in [0.1, 0.15) is 73.5 Å². The minimum atomic E-state index is -4.77. The van der Waals surface area contributed by atoms with Crippen LogP contribution in [0.3, 0.4) is 0 Å². The number of carbonyl (C=O) groups excluding carboxylic acids is 1. The van der Waals surface area contributed by atoms with Crippen molar-refractivity contribution in [1.82, 2.24) is 4.57 Å². The first-order valence-electron chi connectivity index (χ1n) is 11.0. The summed E-state index contributed by atoms with van der Waals surface area (Å²) in [5, 5.41) is 0. The fourth-order valence-corrected chi connectivity index (χ4v) is 4.76. The van der Waals surface area contributed by atoms with Crippen molar-refractivity contribution in [2.75, 3.05) is 0 Å². The lowest BCUT2D eigenvalue weighted by Gasteiger charge is -2.24. The first kappa shape index (κ1) is 21.8. The van der Waals surface area contributed by atoms with E-state index in [0.717, 1.165) is 49.2 Å². The molecule has 2 N–H and O–H groups in total. The predicted octanol–water partition coefficient (Wildman–Crippen LogP) is 6.09. The molecule has 2 fully saturated rings. The molecule has 7 heteroatoms. The minimum Gasteiger partial charge on any atom is -0.406 e. The van der Waals surface area contributed by atoms with Crippen LogP contribution in [0.5, 0.6) is 5.75 Å². The third kappa shape index (κ3) is 4.75. The largest absolute Gasteiger partial charge is 0.573 e. The van der Waals surface area contributed by atoms with Gasteiger partial charge in [0.25, 0.3) is 5.91 Å². The Morgan fingerprint density at radius 1 is 1.16 bits per heavy atom. The Morgan fingerprint density at radius 2 is 1.84 bits per heavy atom. The molecule has 0 saturated heterocycles. The van der Waals surface area contributed by atoms with E-state index in [1.807, 2.05) is 19.9 Å². The van der Waals surface area contributed by atoms with Gasteiger partial charge >= 0.3 is 6.36 Å². The normalized spacial score (nSPS) is 18.7. The molecule has 2 aliphatic rings. The number of hydrogen-bond acceptors (Lipinski definition) is 2. The number of rotatable bonds is 6. The molecule has 4 rings (SSSR count). The molecule has 168 valence electrons. The number of carbonyl (C=O) groups is 1. The lowest BCUT2D eigenvalue weighted by atomic mass is 9.89. The third-order valence-electron chi connectivity index (χ3n) is 6.93. The van der Waals surface area contributed by atoms with E-state index >= 15 is 0 Å². The van der Waals surface area contributed by atoms with Crippen molar-refractivity contribution >= 4 is 5.91 Å². The molecule has 2 aliphatic carbocycles. The fourth-order valence-electron chi connectivity index (χ4n) is 4.76. The Morgan fingerprint density at radius 3 is 2.42 bits per heavy atom. The summed E-state index contributed by atoms with van der Waals surface area (Å²) in [4.78, 5) is 12.0. The highest BCUT2D eigenvalue weighted by atomic mass is 19.4. The molecule has 0 radical (unpaired) electrons. The lowest BCUT2D eigenvalue weighted by Crippen LogP contribution is -2.18. The molecule has 4 nitrogen and oxygen atoms in total. The van der Waals surface area contributed by atoms with Crippen molar-refractivity contribution < 1.29 is 22.7 Å². The monoisotopic (exact) mass is 434 g/mol. The van der Waals surface area contributed by atoms with E-state index in [2.05, 4.69) is 9.30 Å². The number of amides is 1. The Kier molecular flexibility index (Phi) is 5.56.